The van der Waals surface area contributed by atoms with Crippen molar-refractivity contribution < 1.29 is 4.79 Å². The first kappa shape index (κ1) is 15.6. The quantitative estimate of drug-likeness (QED) is 0.742. The Bertz CT molecular complexity index is 423. The zero-order chi connectivity index (χ0) is 13.9. The third-order valence-corrected chi connectivity index (χ3v) is 3.53. The van der Waals surface area contributed by atoms with Crippen molar-refractivity contribution in [2.75, 3.05) is 18.6 Å². The molecule has 0 saturated carbocycles. The summed E-state index contributed by atoms with van der Waals surface area (Å²) in [6.45, 7) is 0.720. The number of nitriles is 1. The number of carbonyl (C=O) groups is 1. The van der Waals surface area contributed by atoms with E-state index in [1.165, 1.54) is 18.6 Å². The van der Waals surface area contributed by atoms with E-state index in [1.807, 2.05) is 17.8 Å². The van der Waals surface area contributed by atoms with E-state index in [1.54, 1.807) is 24.3 Å². The fourth-order valence-corrected chi connectivity index (χ4v) is 2.22. The molecule has 0 atom stereocenters. The molecule has 0 saturated heterocycles. The van der Waals surface area contributed by atoms with Gasteiger partial charge >= 0.3 is 0 Å². The number of thioether (sulfide) groups is 1. The van der Waals surface area contributed by atoms with Gasteiger partial charge in [-0.2, -0.15) is 17.0 Å². The number of amides is 1. The number of benzene rings is 1. The molecule has 1 rings (SSSR count). The number of unbranched alkanes of at least 4 members (excludes halogenated alkanes) is 3. The molecule has 0 bridgehead atoms. The third kappa shape index (κ3) is 6.30. The topological polar surface area (TPSA) is 52.9 Å². The lowest BCUT2D eigenvalue weighted by molar-refractivity contribution is 0.0953. The summed E-state index contributed by atoms with van der Waals surface area (Å²) in [7, 11) is 0. The zero-order valence-corrected chi connectivity index (χ0v) is 12.1. The van der Waals surface area contributed by atoms with Crippen LogP contribution in [0.3, 0.4) is 0 Å². The molecule has 1 aromatic rings. The van der Waals surface area contributed by atoms with Crippen LogP contribution in [0.5, 0.6) is 0 Å². The Morgan fingerprint density at radius 3 is 2.53 bits per heavy atom. The molecule has 102 valence electrons. The maximum atomic E-state index is 11.8. The lowest BCUT2D eigenvalue weighted by atomic mass is 10.1. The van der Waals surface area contributed by atoms with Crippen LogP contribution in [0.2, 0.25) is 0 Å². The Labute approximate surface area is 119 Å². The van der Waals surface area contributed by atoms with Crippen molar-refractivity contribution in [3.05, 3.63) is 35.4 Å². The number of nitrogens with one attached hydrogen (secondary N) is 1. The van der Waals surface area contributed by atoms with Crippen LogP contribution < -0.4 is 5.32 Å². The first-order valence-electron chi connectivity index (χ1n) is 6.55. The molecule has 19 heavy (non-hydrogen) atoms. The van der Waals surface area contributed by atoms with Crippen molar-refractivity contribution in [3.63, 3.8) is 0 Å². The molecule has 1 N–H and O–H groups in total. The average Bonchev–Trinajstić information content (AvgIpc) is 2.46. The highest BCUT2D eigenvalue weighted by Crippen LogP contribution is 2.05. The van der Waals surface area contributed by atoms with Crippen LogP contribution in [0, 0.1) is 11.3 Å². The molecule has 3 nitrogen and oxygen atoms in total. The number of carbonyl (C=O) groups excluding carboxylic acids is 1. The van der Waals surface area contributed by atoms with Gasteiger partial charge in [-0.25, -0.2) is 0 Å². The van der Waals surface area contributed by atoms with E-state index in [4.69, 9.17) is 5.26 Å². The summed E-state index contributed by atoms with van der Waals surface area (Å²) in [6, 6.07) is 8.74. The first-order valence-corrected chi connectivity index (χ1v) is 7.94. The molecule has 0 aliphatic rings. The van der Waals surface area contributed by atoms with Gasteiger partial charge in [-0.05, 0) is 49.1 Å². The molecule has 0 fully saturated rings. The molecular formula is C15H20N2OS. The highest BCUT2D eigenvalue weighted by Gasteiger charge is 2.04. The molecule has 0 unspecified atom stereocenters. The Morgan fingerprint density at radius 2 is 1.89 bits per heavy atom. The van der Waals surface area contributed by atoms with Gasteiger partial charge in [0.05, 0.1) is 11.6 Å². The van der Waals surface area contributed by atoms with E-state index in [0.717, 1.165) is 19.4 Å². The highest BCUT2D eigenvalue weighted by molar-refractivity contribution is 7.98. The molecule has 0 aliphatic carbocycles. The fraction of sp³-hybridized carbons (Fsp3) is 0.467. The fourth-order valence-electron chi connectivity index (χ4n) is 1.73. The maximum Gasteiger partial charge on any atom is 0.251 e. The molecule has 0 heterocycles. The SMILES string of the molecule is CSCCCCCCNC(=O)c1ccc(C#N)cc1. The van der Waals surface area contributed by atoms with Gasteiger partial charge in [0.15, 0.2) is 0 Å². The summed E-state index contributed by atoms with van der Waals surface area (Å²) in [4.78, 5) is 11.8. The predicted molar refractivity (Wildman–Crippen MR) is 80.3 cm³/mol. The smallest absolute Gasteiger partial charge is 0.251 e. The number of hydrogen-bond donors (Lipinski definition) is 1. The standard InChI is InChI=1S/C15H20N2OS/c1-19-11-5-3-2-4-10-17-15(18)14-8-6-13(12-16)7-9-14/h6-9H,2-5,10-11H2,1H3,(H,17,18). The Hall–Kier alpha value is -1.47. The summed E-state index contributed by atoms with van der Waals surface area (Å²) < 4.78 is 0. The van der Waals surface area contributed by atoms with Crippen LogP contribution in [0.4, 0.5) is 0 Å². The minimum atomic E-state index is -0.0615. The van der Waals surface area contributed by atoms with Crippen molar-refractivity contribution in [2.45, 2.75) is 25.7 Å². The second-order valence-electron chi connectivity index (χ2n) is 4.35. The number of nitrogens with zero attached hydrogens (tertiary/aromatic N) is 1. The van der Waals surface area contributed by atoms with Crippen LogP contribution in [0.1, 0.15) is 41.6 Å². The van der Waals surface area contributed by atoms with Gasteiger partial charge in [0.1, 0.15) is 0 Å². The van der Waals surface area contributed by atoms with Crippen molar-refractivity contribution >= 4 is 17.7 Å². The van der Waals surface area contributed by atoms with Gasteiger partial charge in [-0.15, -0.1) is 0 Å². The Morgan fingerprint density at radius 1 is 1.21 bits per heavy atom. The summed E-state index contributed by atoms with van der Waals surface area (Å²) >= 11 is 1.88. The molecule has 0 spiro atoms. The van der Waals surface area contributed by atoms with Crippen molar-refractivity contribution in [1.29, 1.82) is 5.26 Å². The molecule has 0 aromatic heterocycles. The highest BCUT2D eigenvalue weighted by atomic mass is 32.2. The van der Waals surface area contributed by atoms with Crippen LogP contribution in [0.15, 0.2) is 24.3 Å². The molecule has 4 heteroatoms. The summed E-state index contributed by atoms with van der Waals surface area (Å²) in [5, 5.41) is 11.6. The van der Waals surface area contributed by atoms with Gasteiger partial charge in [0.2, 0.25) is 0 Å². The average molecular weight is 276 g/mol. The maximum absolute atomic E-state index is 11.8. The largest absolute Gasteiger partial charge is 0.352 e. The number of hydrogen-bond acceptors (Lipinski definition) is 3. The van der Waals surface area contributed by atoms with E-state index in [2.05, 4.69) is 11.6 Å². The van der Waals surface area contributed by atoms with Crippen LogP contribution >= 0.6 is 11.8 Å². The molecule has 1 aromatic carbocycles. The van der Waals surface area contributed by atoms with Gasteiger partial charge in [-0.3, -0.25) is 4.79 Å². The van der Waals surface area contributed by atoms with E-state index in [9.17, 15) is 4.79 Å². The lowest BCUT2D eigenvalue weighted by Gasteiger charge is -2.05. The molecular weight excluding hydrogens is 256 g/mol. The van der Waals surface area contributed by atoms with Gasteiger partial charge in [-0.1, -0.05) is 12.8 Å². The minimum absolute atomic E-state index is 0.0615. The van der Waals surface area contributed by atoms with Crippen LogP contribution in [-0.4, -0.2) is 24.5 Å². The van der Waals surface area contributed by atoms with Crippen LogP contribution in [-0.2, 0) is 0 Å². The van der Waals surface area contributed by atoms with E-state index >= 15 is 0 Å². The molecule has 1 amide bonds. The lowest BCUT2D eigenvalue weighted by Crippen LogP contribution is -2.24. The van der Waals surface area contributed by atoms with Crippen molar-refractivity contribution in [2.24, 2.45) is 0 Å². The second kappa shape index (κ2) is 9.46. The zero-order valence-electron chi connectivity index (χ0n) is 11.3. The van der Waals surface area contributed by atoms with Gasteiger partial charge < -0.3 is 5.32 Å². The normalized spacial score (nSPS) is 9.89. The second-order valence-corrected chi connectivity index (χ2v) is 5.34. The molecule has 0 radical (unpaired) electrons. The monoisotopic (exact) mass is 276 g/mol. The van der Waals surface area contributed by atoms with Gasteiger partial charge in [0, 0.05) is 12.1 Å². The summed E-state index contributed by atoms with van der Waals surface area (Å²) in [5.74, 6) is 1.16. The molecule has 0 aliphatic heterocycles. The first-order chi connectivity index (χ1) is 9.27. The van der Waals surface area contributed by atoms with Crippen LogP contribution in [0.25, 0.3) is 0 Å². The summed E-state index contributed by atoms with van der Waals surface area (Å²) in [6.07, 6.45) is 6.79. The van der Waals surface area contributed by atoms with E-state index < -0.39 is 0 Å². The van der Waals surface area contributed by atoms with Crippen molar-refractivity contribution in [1.82, 2.24) is 5.32 Å². The van der Waals surface area contributed by atoms with E-state index in [0.29, 0.717) is 11.1 Å². The van der Waals surface area contributed by atoms with Crippen molar-refractivity contribution in [3.8, 4) is 6.07 Å². The summed E-state index contributed by atoms with van der Waals surface area (Å²) in [5.41, 5.74) is 1.19. The van der Waals surface area contributed by atoms with E-state index in [-0.39, 0.29) is 5.91 Å². The minimum Gasteiger partial charge on any atom is -0.352 e. The third-order valence-electron chi connectivity index (χ3n) is 2.84. The van der Waals surface area contributed by atoms with Gasteiger partial charge in [0.25, 0.3) is 5.91 Å². The Kier molecular flexibility index (Phi) is 7.76. The number of rotatable bonds is 8. The predicted octanol–water partition coefficient (Wildman–Crippen LogP) is 3.21. The Balaban J connectivity index is 2.18.